The minimum atomic E-state index is -1.01. The number of carboxylic acids is 1. The van der Waals surface area contributed by atoms with Crippen LogP contribution in [0.15, 0.2) is 30.3 Å². The van der Waals surface area contributed by atoms with E-state index in [1.54, 1.807) is 27.7 Å². The van der Waals surface area contributed by atoms with E-state index in [1.807, 2.05) is 30.3 Å². The van der Waals surface area contributed by atoms with Crippen LogP contribution in [0.1, 0.15) is 39.7 Å². The number of aliphatic carboxylic acids is 1. The number of rotatable bonds is 7. The van der Waals surface area contributed by atoms with Crippen molar-refractivity contribution in [3.05, 3.63) is 35.9 Å². The first-order chi connectivity index (χ1) is 10.7. The third kappa shape index (κ3) is 8.21. The quantitative estimate of drug-likeness (QED) is 0.806. The Morgan fingerprint density at radius 3 is 2.35 bits per heavy atom. The summed E-state index contributed by atoms with van der Waals surface area (Å²) < 4.78 is 10.9. The first kappa shape index (κ1) is 19.0. The van der Waals surface area contributed by atoms with Crippen molar-refractivity contribution in [2.24, 2.45) is 0 Å². The standard InChI is InChI=1S/C17H25NO5/c1-12(22-11-13-8-6-5-7-9-13)14(10-15(19)20)18-16(21)23-17(2,3)4/h5-9,12,14H,10-11H2,1-4H3,(H,18,21)(H,19,20)/t12-,14-/m0/s1. The highest BCUT2D eigenvalue weighted by molar-refractivity contribution is 5.71. The molecule has 6 heteroatoms. The molecule has 0 aliphatic carbocycles. The van der Waals surface area contributed by atoms with E-state index in [0.717, 1.165) is 5.56 Å². The van der Waals surface area contributed by atoms with Crippen LogP contribution in [0, 0.1) is 0 Å². The smallest absolute Gasteiger partial charge is 0.407 e. The minimum absolute atomic E-state index is 0.241. The molecule has 6 nitrogen and oxygen atoms in total. The van der Waals surface area contributed by atoms with E-state index in [9.17, 15) is 9.59 Å². The molecule has 0 heterocycles. The largest absolute Gasteiger partial charge is 0.481 e. The molecule has 0 spiro atoms. The monoisotopic (exact) mass is 323 g/mol. The number of alkyl carbamates (subject to hydrolysis) is 1. The summed E-state index contributed by atoms with van der Waals surface area (Å²) in [5.74, 6) is -1.01. The molecule has 0 aromatic heterocycles. The van der Waals surface area contributed by atoms with Gasteiger partial charge in [0.15, 0.2) is 0 Å². The number of carboxylic acid groups (broad SMARTS) is 1. The third-order valence-electron chi connectivity index (χ3n) is 3.02. The summed E-state index contributed by atoms with van der Waals surface area (Å²) in [7, 11) is 0. The van der Waals surface area contributed by atoms with E-state index < -0.39 is 29.8 Å². The zero-order valence-corrected chi connectivity index (χ0v) is 14.0. The second-order valence-electron chi connectivity index (χ2n) is 6.35. The number of nitrogens with one attached hydrogen (secondary N) is 1. The van der Waals surface area contributed by atoms with Crippen molar-refractivity contribution in [3.63, 3.8) is 0 Å². The van der Waals surface area contributed by atoms with Gasteiger partial charge in [0, 0.05) is 0 Å². The van der Waals surface area contributed by atoms with Crippen LogP contribution in [0.3, 0.4) is 0 Å². The number of hydrogen-bond donors (Lipinski definition) is 2. The second-order valence-corrected chi connectivity index (χ2v) is 6.35. The van der Waals surface area contributed by atoms with Crippen LogP contribution in [-0.4, -0.2) is 34.9 Å². The Labute approximate surface area is 136 Å². The lowest BCUT2D eigenvalue weighted by molar-refractivity contribution is -0.138. The van der Waals surface area contributed by atoms with Gasteiger partial charge >= 0.3 is 12.1 Å². The van der Waals surface area contributed by atoms with Gasteiger partial charge in [-0.3, -0.25) is 4.79 Å². The normalized spacial score (nSPS) is 13.9. The van der Waals surface area contributed by atoms with Gasteiger partial charge in [0.2, 0.25) is 0 Å². The van der Waals surface area contributed by atoms with Gasteiger partial charge in [0.1, 0.15) is 5.60 Å². The van der Waals surface area contributed by atoms with Crippen molar-refractivity contribution >= 4 is 12.1 Å². The van der Waals surface area contributed by atoms with Crippen LogP contribution >= 0.6 is 0 Å². The molecule has 1 aromatic carbocycles. The van der Waals surface area contributed by atoms with Crippen molar-refractivity contribution in [1.82, 2.24) is 5.32 Å². The SMILES string of the molecule is C[C@H](OCc1ccccc1)[C@H](CC(=O)O)NC(=O)OC(C)(C)C. The van der Waals surface area contributed by atoms with Crippen molar-refractivity contribution in [1.29, 1.82) is 0 Å². The molecule has 2 atom stereocenters. The maximum atomic E-state index is 11.8. The van der Waals surface area contributed by atoms with E-state index in [0.29, 0.717) is 6.61 Å². The lowest BCUT2D eigenvalue weighted by Gasteiger charge is -2.26. The van der Waals surface area contributed by atoms with Crippen LogP contribution in [0.5, 0.6) is 0 Å². The molecule has 1 aromatic rings. The maximum absolute atomic E-state index is 11.8. The molecule has 0 unspecified atom stereocenters. The molecule has 1 amide bonds. The van der Waals surface area contributed by atoms with Crippen LogP contribution in [0.2, 0.25) is 0 Å². The topological polar surface area (TPSA) is 84.9 Å². The predicted octanol–water partition coefficient (Wildman–Crippen LogP) is 2.96. The minimum Gasteiger partial charge on any atom is -0.481 e. The van der Waals surface area contributed by atoms with Gasteiger partial charge in [-0.2, -0.15) is 0 Å². The Morgan fingerprint density at radius 2 is 1.83 bits per heavy atom. The molecule has 2 N–H and O–H groups in total. The summed E-state index contributed by atoms with van der Waals surface area (Å²) >= 11 is 0. The second kappa shape index (κ2) is 8.53. The fourth-order valence-electron chi connectivity index (χ4n) is 1.90. The highest BCUT2D eigenvalue weighted by Crippen LogP contribution is 2.11. The summed E-state index contributed by atoms with van der Waals surface area (Å²) in [6, 6.07) is 8.87. The van der Waals surface area contributed by atoms with E-state index in [2.05, 4.69) is 5.32 Å². The molecular formula is C17H25NO5. The molecule has 0 radical (unpaired) electrons. The fraction of sp³-hybridized carbons (Fsp3) is 0.529. The van der Waals surface area contributed by atoms with Crippen molar-refractivity contribution in [3.8, 4) is 0 Å². The van der Waals surface area contributed by atoms with Gasteiger partial charge in [-0.1, -0.05) is 30.3 Å². The lowest BCUT2D eigenvalue weighted by Crippen LogP contribution is -2.46. The van der Waals surface area contributed by atoms with Crippen molar-refractivity contribution in [2.45, 2.75) is 58.5 Å². The van der Waals surface area contributed by atoms with E-state index >= 15 is 0 Å². The van der Waals surface area contributed by atoms with E-state index in [-0.39, 0.29) is 6.42 Å². The number of hydrogen-bond acceptors (Lipinski definition) is 4. The van der Waals surface area contributed by atoms with Gasteiger partial charge in [0.05, 0.1) is 25.2 Å². The van der Waals surface area contributed by atoms with Crippen molar-refractivity contribution in [2.75, 3.05) is 0 Å². The Balaban J connectivity index is 2.61. The number of carbonyl (C=O) groups excluding carboxylic acids is 1. The predicted molar refractivity (Wildman–Crippen MR) is 86.1 cm³/mol. The van der Waals surface area contributed by atoms with E-state index in [4.69, 9.17) is 14.6 Å². The van der Waals surface area contributed by atoms with E-state index in [1.165, 1.54) is 0 Å². The van der Waals surface area contributed by atoms with Crippen LogP contribution in [-0.2, 0) is 20.9 Å². The number of amides is 1. The Bertz CT molecular complexity index is 509. The number of carbonyl (C=O) groups is 2. The van der Waals surface area contributed by atoms with Gasteiger partial charge in [-0.15, -0.1) is 0 Å². The molecule has 0 fully saturated rings. The summed E-state index contributed by atoms with van der Waals surface area (Å²) in [6.07, 6.45) is -1.37. The Kier molecular flexibility index (Phi) is 7.03. The highest BCUT2D eigenvalue weighted by Gasteiger charge is 2.26. The first-order valence-electron chi connectivity index (χ1n) is 7.54. The van der Waals surface area contributed by atoms with Crippen LogP contribution in [0.25, 0.3) is 0 Å². The summed E-state index contributed by atoms with van der Waals surface area (Å²) in [5.41, 5.74) is 0.331. The van der Waals surface area contributed by atoms with Gasteiger partial charge in [0.25, 0.3) is 0 Å². The molecular weight excluding hydrogens is 298 g/mol. The fourth-order valence-corrected chi connectivity index (χ4v) is 1.90. The van der Waals surface area contributed by atoms with Crippen LogP contribution < -0.4 is 5.32 Å². The van der Waals surface area contributed by atoms with Gasteiger partial charge < -0.3 is 19.9 Å². The Morgan fingerprint density at radius 1 is 1.22 bits per heavy atom. The average molecular weight is 323 g/mol. The molecule has 0 saturated carbocycles. The first-order valence-corrected chi connectivity index (χ1v) is 7.54. The van der Waals surface area contributed by atoms with Crippen molar-refractivity contribution < 1.29 is 24.2 Å². The number of benzene rings is 1. The van der Waals surface area contributed by atoms with Gasteiger partial charge in [-0.25, -0.2) is 4.79 Å². The average Bonchev–Trinajstić information content (AvgIpc) is 2.42. The van der Waals surface area contributed by atoms with Crippen LogP contribution in [0.4, 0.5) is 4.79 Å². The molecule has 128 valence electrons. The van der Waals surface area contributed by atoms with Gasteiger partial charge in [-0.05, 0) is 33.3 Å². The number of ether oxygens (including phenoxy) is 2. The summed E-state index contributed by atoms with van der Waals surface area (Å²) in [4.78, 5) is 22.9. The zero-order valence-electron chi connectivity index (χ0n) is 14.0. The molecule has 1 rings (SSSR count). The zero-order chi connectivity index (χ0) is 17.5. The Hall–Kier alpha value is -2.08. The summed E-state index contributed by atoms with van der Waals surface area (Å²) in [5, 5.41) is 11.6. The molecule has 0 saturated heterocycles. The third-order valence-corrected chi connectivity index (χ3v) is 3.02. The summed E-state index contributed by atoms with van der Waals surface area (Å²) in [6.45, 7) is 7.30. The molecule has 0 aliphatic heterocycles. The highest BCUT2D eigenvalue weighted by atomic mass is 16.6. The molecule has 0 aliphatic rings. The molecule has 23 heavy (non-hydrogen) atoms. The maximum Gasteiger partial charge on any atom is 0.407 e. The molecule has 0 bridgehead atoms. The lowest BCUT2D eigenvalue weighted by atomic mass is 10.1.